The molecule has 1 fully saturated rings. The van der Waals surface area contributed by atoms with Crippen LogP contribution in [-0.4, -0.2) is 4.83 Å². The molecule has 1 rings (SSSR count). The molecule has 0 bridgehead atoms. The third-order valence-electron chi connectivity index (χ3n) is 2.31. The lowest BCUT2D eigenvalue weighted by Crippen LogP contribution is -2.18. The lowest BCUT2D eigenvalue weighted by molar-refractivity contribution is 0.482. The van der Waals surface area contributed by atoms with Gasteiger partial charge in [-0.3, -0.25) is 0 Å². The molecule has 0 aromatic carbocycles. The number of hydrogen-bond acceptors (Lipinski definition) is 0. The van der Waals surface area contributed by atoms with Crippen LogP contribution >= 0.6 is 15.9 Å². The number of hydrogen-bond donors (Lipinski definition) is 0. The first-order valence-electron chi connectivity index (χ1n) is 4.63. The van der Waals surface area contributed by atoms with Crippen LogP contribution in [-0.2, 0) is 0 Å². The second-order valence-electron chi connectivity index (χ2n) is 3.31. The first-order chi connectivity index (χ1) is 5.34. The molecule has 64 valence electrons. The minimum Gasteiger partial charge on any atom is -0.0888 e. The minimum atomic E-state index is 0.726. The molecule has 2 radical (unpaired) electrons. The zero-order valence-electron chi connectivity index (χ0n) is 7.22. The maximum Gasteiger partial charge on any atom is 0.0176 e. The highest BCUT2D eigenvalue weighted by Crippen LogP contribution is 2.30. The van der Waals surface area contributed by atoms with E-state index in [1.165, 1.54) is 32.1 Å². The fourth-order valence-electron chi connectivity index (χ4n) is 1.62. The van der Waals surface area contributed by atoms with Crippen LogP contribution in [0.5, 0.6) is 0 Å². The lowest BCUT2D eigenvalue weighted by Gasteiger charge is -2.25. The molecule has 0 spiro atoms. The highest BCUT2D eigenvalue weighted by Gasteiger charge is 2.20. The third-order valence-corrected chi connectivity index (χ3v) is 3.44. The van der Waals surface area contributed by atoms with Gasteiger partial charge in [-0.05, 0) is 44.4 Å². The summed E-state index contributed by atoms with van der Waals surface area (Å²) in [4.78, 5) is 0.726. The zero-order valence-corrected chi connectivity index (χ0v) is 8.81. The Balaban J connectivity index is 2.21. The summed E-state index contributed by atoms with van der Waals surface area (Å²) in [5.41, 5.74) is 0. The van der Waals surface area contributed by atoms with Gasteiger partial charge in [0.2, 0.25) is 0 Å². The first-order valence-corrected chi connectivity index (χ1v) is 5.55. The summed E-state index contributed by atoms with van der Waals surface area (Å²) in [6, 6.07) is 0. The third kappa shape index (κ3) is 3.14. The Bertz CT molecular complexity index is 95.0. The predicted octanol–water partition coefficient (Wildman–Crippen LogP) is 3.76. The van der Waals surface area contributed by atoms with Crippen molar-refractivity contribution in [2.75, 3.05) is 0 Å². The van der Waals surface area contributed by atoms with E-state index in [0.717, 1.165) is 10.7 Å². The molecule has 1 aliphatic rings. The quantitative estimate of drug-likeness (QED) is 0.631. The van der Waals surface area contributed by atoms with E-state index < -0.39 is 0 Å². The first kappa shape index (κ1) is 9.57. The Labute approximate surface area is 78.9 Å². The van der Waals surface area contributed by atoms with Crippen molar-refractivity contribution in [2.24, 2.45) is 5.92 Å². The Morgan fingerprint density at radius 1 is 1.55 bits per heavy atom. The van der Waals surface area contributed by atoms with Gasteiger partial charge in [-0.1, -0.05) is 29.3 Å². The summed E-state index contributed by atoms with van der Waals surface area (Å²) >= 11 is 3.75. The number of alkyl halides is 1. The maximum absolute atomic E-state index is 3.75. The van der Waals surface area contributed by atoms with Gasteiger partial charge >= 0.3 is 0 Å². The zero-order chi connectivity index (χ0) is 8.10. The standard InChI is InChI=1S/C10H17Br/c1-2-6-10(11)9-7-4-3-5-8-9/h4,8-10H,2-3,5-7H2,1H3. The van der Waals surface area contributed by atoms with Crippen molar-refractivity contribution >= 4 is 15.9 Å². The van der Waals surface area contributed by atoms with E-state index in [4.69, 9.17) is 0 Å². The van der Waals surface area contributed by atoms with Gasteiger partial charge in [0.1, 0.15) is 0 Å². The van der Waals surface area contributed by atoms with E-state index in [1.807, 2.05) is 0 Å². The van der Waals surface area contributed by atoms with Crippen molar-refractivity contribution in [1.82, 2.24) is 0 Å². The van der Waals surface area contributed by atoms with Crippen molar-refractivity contribution in [1.29, 1.82) is 0 Å². The van der Waals surface area contributed by atoms with E-state index in [2.05, 4.69) is 35.7 Å². The maximum atomic E-state index is 3.75. The molecule has 0 heterocycles. The van der Waals surface area contributed by atoms with Gasteiger partial charge in [0, 0.05) is 4.83 Å². The van der Waals surface area contributed by atoms with Crippen LogP contribution in [0, 0.1) is 18.8 Å². The van der Waals surface area contributed by atoms with Crippen molar-refractivity contribution in [2.45, 2.75) is 43.9 Å². The van der Waals surface area contributed by atoms with Gasteiger partial charge in [0.15, 0.2) is 0 Å². The average molecular weight is 217 g/mol. The summed E-state index contributed by atoms with van der Waals surface area (Å²) in [6.07, 6.45) is 11.4. The summed E-state index contributed by atoms with van der Waals surface area (Å²) in [6.45, 7) is 2.25. The molecule has 1 aliphatic carbocycles. The average Bonchev–Trinajstić information content (AvgIpc) is 2.07. The van der Waals surface area contributed by atoms with E-state index >= 15 is 0 Å². The molecule has 0 saturated heterocycles. The monoisotopic (exact) mass is 216 g/mol. The SMILES string of the molecule is CCCC(Br)C1[CH]CC[CH]C1. The van der Waals surface area contributed by atoms with Crippen LogP contribution in [0.25, 0.3) is 0 Å². The highest BCUT2D eigenvalue weighted by molar-refractivity contribution is 9.09. The molecule has 2 atom stereocenters. The van der Waals surface area contributed by atoms with Gasteiger partial charge < -0.3 is 0 Å². The molecular weight excluding hydrogens is 200 g/mol. The molecule has 1 heteroatoms. The van der Waals surface area contributed by atoms with E-state index in [1.54, 1.807) is 0 Å². The van der Waals surface area contributed by atoms with Gasteiger partial charge in [0.25, 0.3) is 0 Å². The fraction of sp³-hybridized carbons (Fsp3) is 0.800. The predicted molar refractivity (Wildman–Crippen MR) is 53.6 cm³/mol. The summed E-state index contributed by atoms with van der Waals surface area (Å²) < 4.78 is 0. The largest absolute Gasteiger partial charge is 0.0888 e. The molecule has 0 aromatic heterocycles. The summed E-state index contributed by atoms with van der Waals surface area (Å²) in [5.74, 6) is 0.809. The van der Waals surface area contributed by atoms with Gasteiger partial charge in [0.05, 0.1) is 0 Å². The normalized spacial score (nSPS) is 23.5. The van der Waals surface area contributed by atoms with Crippen LogP contribution < -0.4 is 0 Å². The van der Waals surface area contributed by atoms with Gasteiger partial charge in [-0.15, -0.1) is 0 Å². The topological polar surface area (TPSA) is 0 Å². The Kier molecular flexibility index (Phi) is 4.51. The van der Waals surface area contributed by atoms with Crippen LogP contribution in [0.1, 0.15) is 39.0 Å². The van der Waals surface area contributed by atoms with Crippen LogP contribution in [0.15, 0.2) is 0 Å². The van der Waals surface area contributed by atoms with Crippen LogP contribution in [0.2, 0.25) is 0 Å². The Morgan fingerprint density at radius 3 is 2.91 bits per heavy atom. The second-order valence-corrected chi connectivity index (χ2v) is 4.48. The van der Waals surface area contributed by atoms with Crippen molar-refractivity contribution in [3.05, 3.63) is 12.8 Å². The number of halogens is 1. The molecule has 2 unspecified atom stereocenters. The van der Waals surface area contributed by atoms with E-state index in [9.17, 15) is 0 Å². The Morgan fingerprint density at radius 2 is 2.36 bits per heavy atom. The Hall–Kier alpha value is 0.480. The van der Waals surface area contributed by atoms with Gasteiger partial charge in [-0.2, -0.15) is 0 Å². The van der Waals surface area contributed by atoms with Crippen molar-refractivity contribution in [3.8, 4) is 0 Å². The van der Waals surface area contributed by atoms with Crippen molar-refractivity contribution in [3.63, 3.8) is 0 Å². The van der Waals surface area contributed by atoms with Gasteiger partial charge in [-0.25, -0.2) is 0 Å². The minimum absolute atomic E-state index is 0.726. The molecule has 0 aromatic rings. The molecule has 0 amide bonds. The lowest BCUT2D eigenvalue weighted by atomic mass is 9.86. The smallest absolute Gasteiger partial charge is 0.0176 e. The van der Waals surface area contributed by atoms with Crippen LogP contribution in [0.4, 0.5) is 0 Å². The molecule has 0 N–H and O–H groups in total. The molecular formula is C10H17Br. The highest BCUT2D eigenvalue weighted by atomic mass is 79.9. The van der Waals surface area contributed by atoms with Crippen LogP contribution in [0.3, 0.4) is 0 Å². The second kappa shape index (κ2) is 5.18. The summed E-state index contributed by atoms with van der Waals surface area (Å²) in [5, 5.41) is 0. The molecule has 11 heavy (non-hydrogen) atoms. The number of rotatable bonds is 3. The fourth-order valence-corrected chi connectivity index (χ4v) is 2.51. The van der Waals surface area contributed by atoms with E-state index in [-0.39, 0.29) is 0 Å². The molecule has 1 saturated carbocycles. The summed E-state index contributed by atoms with van der Waals surface area (Å²) in [7, 11) is 0. The van der Waals surface area contributed by atoms with E-state index in [0.29, 0.717) is 0 Å². The molecule has 0 nitrogen and oxygen atoms in total. The van der Waals surface area contributed by atoms with Crippen molar-refractivity contribution < 1.29 is 0 Å². The molecule has 0 aliphatic heterocycles.